The molecule has 3 N–H and O–H groups in total. The van der Waals surface area contributed by atoms with E-state index >= 15 is 0 Å². The minimum absolute atomic E-state index is 0.0643. The highest BCUT2D eigenvalue weighted by molar-refractivity contribution is 5.76. The lowest BCUT2D eigenvalue weighted by molar-refractivity contribution is -0.818. The fraction of sp³-hybridized carbons (Fsp3) is 0.714. The molecule has 0 aliphatic carbocycles. The summed E-state index contributed by atoms with van der Waals surface area (Å²) >= 11 is 0. The second-order valence-corrected chi connectivity index (χ2v) is 5.88. The van der Waals surface area contributed by atoms with Gasteiger partial charge in [-0.3, -0.25) is 18.9 Å². The van der Waals surface area contributed by atoms with Crippen LogP contribution < -0.4 is 5.73 Å². The average Bonchev–Trinajstić information content (AvgIpc) is 2.33. The number of ether oxygens (including phenoxy) is 2. The van der Waals surface area contributed by atoms with E-state index in [-0.39, 0.29) is 11.0 Å². The van der Waals surface area contributed by atoms with Crippen LogP contribution in [0, 0.1) is 0 Å². The Bertz CT molecular complexity index is 460. The van der Waals surface area contributed by atoms with Crippen LogP contribution in [0.25, 0.3) is 0 Å². The molecule has 0 aliphatic heterocycles. The third-order valence-electron chi connectivity index (χ3n) is 3.13. The van der Waals surface area contributed by atoms with Crippen molar-refractivity contribution in [1.82, 2.24) is 0 Å². The number of likely N-dealkylation sites (N-methyl/N-ethyl adjacent to an activating group) is 1. The van der Waals surface area contributed by atoms with Crippen molar-refractivity contribution >= 4 is 23.8 Å². The van der Waals surface area contributed by atoms with E-state index in [0.717, 1.165) is 6.92 Å². The highest BCUT2D eigenvalue weighted by Crippen LogP contribution is 2.12. The summed E-state index contributed by atoms with van der Waals surface area (Å²) < 4.78 is 9.50. The van der Waals surface area contributed by atoms with Crippen LogP contribution in [0.3, 0.4) is 0 Å². The number of carboxylic acids is 1. The van der Waals surface area contributed by atoms with Crippen LogP contribution in [0.4, 0.5) is 0 Å². The molecule has 3 unspecified atom stereocenters. The van der Waals surface area contributed by atoms with Crippen LogP contribution in [0.2, 0.25) is 0 Å². The van der Waals surface area contributed by atoms with Gasteiger partial charge in [0, 0.05) is 13.8 Å². The summed E-state index contributed by atoms with van der Waals surface area (Å²) in [5.41, 5.74) is 5.81. The highest BCUT2D eigenvalue weighted by atomic mass is 16.5. The second-order valence-electron chi connectivity index (χ2n) is 5.88. The Kier molecular flexibility index (Phi) is 7.84. The van der Waals surface area contributed by atoms with Gasteiger partial charge >= 0.3 is 23.8 Å². The maximum atomic E-state index is 12.5. The molecule has 9 nitrogen and oxygen atoms in total. The molecule has 0 bridgehead atoms. The van der Waals surface area contributed by atoms with E-state index in [4.69, 9.17) is 20.3 Å². The lowest BCUT2D eigenvalue weighted by Gasteiger charge is -2.33. The number of aliphatic carboxylic acids is 1. The first kappa shape index (κ1) is 21.0. The Morgan fingerprint density at radius 3 is 1.96 bits per heavy atom. The van der Waals surface area contributed by atoms with Gasteiger partial charge in [0.1, 0.15) is 12.6 Å². The van der Waals surface area contributed by atoms with Crippen molar-refractivity contribution in [3.05, 3.63) is 0 Å². The van der Waals surface area contributed by atoms with Gasteiger partial charge in [0.25, 0.3) is 0 Å². The predicted octanol–water partition coefficient (Wildman–Crippen LogP) is -0.725. The number of nitrogens with zero attached hydrogens (tertiary/aromatic N) is 1. The zero-order valence-electron chi connectivity index (χ0n) is 14.1. The van der Waals surface area contributed by atoms with Crippen LogP contribution in [-0.2, 0) is 28.7 Å². The molecule has 0 aliphatic rings. The molecular formula is C14H25N2O7+. The number of nitrogens with two attached hydrogens (primary N) is 1. The van der Waals surface area contributed by atoms with Crippen molar-refractivity contribution in [1.29, 1.82) is 0 Å². The van der Waals surface area contributed by atoms with Gasteiger partial charge in [-0.2, -0.15) is 0 Å². The molecule has 0 aromatic carbocycles. The summed E-state index contributed by atoms with van der Waals surface area (Å²) in [7, 11) is 3.03. The summed E-state index contributed by atoms with van der Waals surface area (Å²) in [6.45, 7) is 3.79. The summed E-state index contributed by atoms with van der Waals surface area (Å²) in [5, 5.41) is 8.86. The lowest BCUT2D eigenvalue weighted by atomic mass is 10.1. The maximum Gasteiger partial charge on any atom is 0.334 e. The molecule has 9 heteroatoms. The minimum Gasteiger partial charge on any atom is -0.481 e. The smallest absolute Gasteiger partial charge is 0.334 e. The number of carbonyl (C=O) groups excluding carboxylic acids is 3. The quantitative estimate of drug-likeness (QED) is 0.439. The molecule has 0 aromatic rings. The first-order chi connectivity index (χ1) is 10.4. The molecular weight excluding hydrogens is 308 g/mol. The second kappa shape index (κ2) is 8.59. The van der Waals surface area contributed by atoms with Crippen LogP contribution in [0.5, 0.6) is 0 Å². The Balaban J connectivity index is 5.03. The van der Waals surface area contributed by atoms with Gasteiger partial charge in [0.2, 0.25) is 0 Å². The first-order valence-electron chi connectivity index (χ1n) is 7.06. The molecule has 0 fully saturated rings. The Labute approximate surface area is 134 Å². The van der Waals surface area contributed by atoms with E-state index in [1.165, 1.54) is 27.9 Å². The lowest BCUT2D eigenvalue weighted by Crippen LogP contribution is -2.60. The minimum atomic E-state index is -1.15. The molecule has 0 rings (SSSR count). The largest absolute Gasteiger partial charge is 0.481 e. The van der Waals surface area contributed by atoms with Gasteiger partial charge in [0.15, 0.2) is 12.1 Å². The van der Waals surface area contributed by atoms with Crippen molar-refractivity contribution < 1.29 is 38.2 Å². The molecule has 0 saturated heterocycles. The summed E-state index contributed by atoms with van der Waals surface area (Å²) in [6.07, 6.45) is -2.23. The maximum absolute atomic E-state index is 12.5. The van der Waals surface area contributed by atoms with Gasteiger partial charge in [-0.1, -0.05) is 0 Å². The van der Waals surface area contributed by atoms with Gasteiger partial charge in [-0.25, -0.2) is 4.79 Å². The van der Waals surface area contributed by atoms with Crippen molar-refractivity contribution in [3.63, 3.8) is 0 Å². The molecule has 0 radical (unpaired) electrons. The molecule has 132 valence electrons. The van der Waals surface area contributed by atoms with Gasteiger partial charge in [-0.15, -0.1) is 0 Å². The third-order valence-corrected chi connectivity index (χ3v) is 3.13. The zero-order chi connectivity index (χ0) is 18.4. The number of esters is 2. The van der Waals surface area contributed by atoms with Crippen molar-refractivity contribution in [2.24, 2.45) is 5.73 Å². The molecule has 0 spiro atoms. The summed E-state index contributed by atoms with van der Waals surface area (Å²) in [6, 6.07) is -1.09. The topological polar surface area (TPSA) is 133 Å². The van der Waals surface area contributed by atoms with E-state index in [2.05, 4.69) is 0 Å². The number of hydrogen-bond donors (Lipinski definition) is 2. The molecule has 0 heterocycles. The standard InChI is InChI=1S/C14H24N2O7/c1-8(22-9(2)17)13(15)14(21)16(4,5)7-11(6-12(19)20)23-10(3)18/h8,11,13H,6-7,15H2,1-5H3/p+1. The molecule has 1 amide bonds. The average molecular weight is 333 g/mol. The third kappa shape index (κ3) is 7.71. The van der Waals surface area contributed by atoms with E-state index < -0.39 is 48.5 Å². The number of rotatable bonds is 8. The van der Waals surface area contributed by atoms with Crippen molar-refractivity contribution in [2.45, 2.75) is 45.4 Å². The van der Waals surface area contributed by atoms with E-state index in [0.29, 0.717) is 0 Å². The van der Waals surface area contributed by atoms with Gasteiger partial charge < -0.3 is 20.3 Å². The summed E-state index contributed by atoms with van der Waals surface area (Å²) in [5.74, 6) is -2.82. The molecule has 0 aromatic heterocycles. The number of amides is 1. The predicted molar refractivity (Wildman–Crippen MR) is 79.0 cm³/mol. The van der Waals surface area contributed by atoms with Gasteiger partial charge in [-0.05, 0) is 6.92 Å². The molecule has 23 heavy (non-hydrogen) atoms. The van der Waals surface area contributed by atoms with Crippen molar-refractivity contribution in [2.75, 3.05) is 20.6 Å². The highest BCUT2D eigenvalue weighted by Gasteiger charge is 2.39. The van der Waals surface area contributed by atoms with Crippen LogP contribution in [0.15, 0.2) is 0 Å². The number of quaternary nitrogens is 1. The van der Waals surface area contributed by atoms with E-state index in [1.807, 2.05) is 0 Å². The number of carbonyl (C=O) groups is 4. The van der Waals surface area contributed by atoms with Crippen LogP contribution >= 0.6 is 0 Å². The fourth-order valence-corrected chi connectivity index (χ4v) is 2.11. The van der Waals surface area contributed by atoms with Crippen molar-refractivity contribution in [3.8, 4) is 0 Å². The Hall–Kier alpha value is -2.00. The number of hydrogen-bond acceptors (Lipinski definition) is 7. The normalized spacial score (nSPS) is 15.2. The van der Waals surface area contributed by atoms with Gasteiger partial charge in [0.05, 0.1) is 20.5 Å². The van der Waals surface area contributed by atoms with E-state index in [9.17, 15) is 19.2 Å². The molecule has 3 atom stereocenters. The van der Waals surface area contributed by atoms with Crippen LogP contribution in [-0.4, -0.2) is 72.3 Å². The monoisotopic (exact) mass is 333 g/mol. The van der Waals surface area contributed by atoms with E-state index in [1.54, 1.807) is 0 Å². The first-order valence-corrected chi connectivity index (χ1v) is 7.06. The SMILES string of the molecule is CC(=O)OC(CC(=O)O)C[N+](C)(C)C(=O)C(N)C(C)OC(C)=O. The zero-order valence-corrected chi connectivity index (χ0v) is 14.1. The Morgan fingerprint density at radius 2 is 1.57 bits per heavy atom. The summed E-state index contributed by atoms with van der Waals surface area (Å²) in [4.78, 5) is 45.3. The fourth-order valence-electron chi connectivity index (χ4n) is 2.11. The van der Waals surface area contributed by atoms with Crippen LogP contribution in [0.1, 0.15) is 27.2 Å². The Morgan fingerprint density at radius 1 is 1.09 bits per heavy atom. The molecule has 0 saturated carbocycles. The number of carboxylic acid groups (broad SMARTS) is 1.